The molecular weight excluding hydrogens is 338 g/mol. The average molecular weight is 370 g/mol. The van der Waals surface area contributed by atoms with Gasteiger partial charge in [-0.25, -0.2) is 0 Å². The van der Waals surface area contributed by atoms with Crippen molar-refractivity contribution in [2.75, 3.05) is 46.7 Å². The molecule has 2 aromatic carbocycles. The molecule has 0 saturated heterocycles. The number of hydrogen-bond donors (Lipinski definition) is 1. The third-order valence-corrected chi connectivity index (χ3v) is 4.71. The minimum absolute atomic E-state index is 0.0718. The Balaban J connectivity index is 1.87. The molecule has 2 aromatic rings. The highest BCUT2D eigenvalue weighted by Crippen LogP contribution is 2.21. The van der Waals surface area contributed by atoms with Crippen LogP contribution in [0.5, 0.6) is 5.75 Å². The lowest BCUT2D eigenvalue weighted by molar-refractivity contribution is -0.121. The maximum atomic E-state index is 12.3. The quantitative estimate of drug-likeness (QED) is 0.738. The van der Waals surface area contributed by atoms with Gasteiger partial charge in [-0.1, -0.05) is 24.3 Å². The first kappa shape index (κ1) is 20.8. The molecule has 5 nitrogen and oxygen atoms in total. The first-order valence-corrected chi connectivity index (χ1v) is 9.24. The Morgan fingerprint density at radius 2 is 1.63 bits per heavy atom. The fourth-order valence-electron chi connectivity index (χ4n) is 2.94. The molecule has 0 aromatic heterocycles. The summed E-state index contributed by atoms with van der Waals surface area (Å²) >= 11 is 0. The Hall–Kier alpha value is -2.53. The van der Waals surface area contributed by atoms with Gasteiger partial charge in [-0.2, -0.15) is 0 Å². The molecule has 1 unspecified atom stereocenters. The zero-order chi connectivity index (χ0) is 19.8. The van der Waals surface area contributed by atoms with Crippen LogP contribution in [0.2, 0.25) is 0 Å². The standard InChI is InChI=1S/C22H31N3O2/c1-24(2)19-11-9-18(10-12-19)21(25(3)4)16-23-22(26)15-8-17-6-13-20(27-5)14-7-17/h6-7,9-14,21H,8,15-16H2,1-5H3,(H,23,26). The van der Waals surface area contributed by atoms with Crippen molar-refractivity contribution < 1.29 is 9.53 Å². The fraction of sp³-hybridized carbons (Fsp3) is 0.409. The molecule has 27 heavy (non-hydrogen) atoms. The molecule has 0 saturated carbocycles. The SMILES string of the molecule is COc1ccc(CCC(=O)NCC(c2ccc(N(C)C)cc2)N(C)C)cc1. The molecule has 0 aliphatic heterocycles. The van der Waals surface area contributed by atoms with Gasteiger partial charge in [0.2, 0.25) is 5.91 Å². The summed E-state index contributed by atoms with van der Waals surface area (Å²) < 4.78 is 5.16. The average Bonchev–Trinajstić information content (AvgIpc) is 2.67. The molecule has 1 atom stereocenters. The van der Waals surface area contributed by atoms with E-state index in [1.54, 1.807) is 7.11 Å². The third kappa shape index (κ3) is 6.29. The second-order valence-corrected chi connectivity index (χ2v) is 7.12. The van der Waals surface area contributed by atoms with Crippen molar-refractivity contribution in [3.63, 3.8) is 0 Å². The molecule has 2 rings (SSSR count). The molecule has 1 amide bonds. The van der Waals surface area contributed by atoms with Gasteiger partial charge < -0.3 is 19.9 Å². The molecule has 5 heteroatoms. The van der Waals surface area contributed by atoms with E-state index in [1.165, 1.54) is 11.3 Å². The summed E-state index contributed by atoms with van der Waals surface area (Å²) in [5.74, 6) is 0.903. The van der Waals surface area contributed by atoms with Crippen LogP contribution in [0.15, 0.2) is 48.5 Å². The maximum absolute atomic E-state index is 12.3. The molecule has 146 valence electrons. The van der Waals surface area contributed by atoms with E-state index >= 15 is 0 Å². The van der Waals surface area contributed by atoms with Crippen molar-refractivity contribution in [3.05, 3.63) is 59.7 Å². The van der Waals surface area contributed by atoms with Crippen LogP contribution in [-0.2, 0) is 11.2 Å². The molecule has 1 N–H and O–H groups in total. The van der Waals surface area contributed by atoms with Crippen LogP contribution < -0.4 is 15.0 Å². The highest BCUT2D eigenvalue weighted by atomic mass is 16.5. The number of hydrogen-bond acceptors (Lipinski definition) is 4. The second-order valence-electron chi connectivity index (χ2n) is 7.12. The van der Waals surface area contributed by atoms with Crippen LogP contribution in [0.1, 0.15) is 23.6 Å². The molecule has 0 heterocycles. The van der Waals surface area contributed by atoms with Crippen molar-refractivity contribution in [2.24, 2.45) is 0 Å². The topological polar surface area (TPSA) is 44.8 Å². The van der Waals surface area contributed by atoms with Crippen LogP contribution in [0.4, 0.5) is 5.69 Å². The highest BCUT2D eigenvalue weighted by molar-refractivity contribution is 5.76. The van der Waals surface area contributed by atoms with Gasteiger partial charge in [0.15, 0.2) is 0 Å². The van der Waals surface area contributed by atoms with Gasteiger partial charge in [-0.3, -0.25) is 4.79 Å². The summed E-state index contributed by atoms with van der Waals surface area (Å²) in [6.45, 7) is 0.593. The van der Waals surface area contributed by atoms with Crippen LogP contribution in [0.25, 0.3) is 0 Å². The maximum Gasteiger partial charge on any atom is 0.220 e. The molecule has 0 fully saturated rings. The van der Waals surface area contributed by atoms with Crippen LogP contribution in [-0.4, -0.2) is 52.7 Å². The molecule has 0 spiro atoms. The summed E-state index contributed by atoms with van der Waals surface area (Å²) in [5.41, 5.74) is 3.50. The normalized spacial score (nSPS) is 11.9. The summed E-state index contributed by atoms with van der Waals surface area (Å²) in [7, 11) is 9.78. The minimum Gasteiger partial charge on any atom is -0.497 e. The molecule has 0 aliphatic carbocycles. The van der Waals surface area contributed by atoms with Crippen LogP contribution in [0, 0.1) is 0 Å². The first-order chi connectivity index (χ1) is 12.9. The summed E-state index contributed by atoms with van der Waals surface area (Å²) in [6.07, 6.45) is 1.20. The first-order valence-electron chi connectivity index (χ1n) is 9.24. The van der Waals surface area contributed by atoms with Crippen molar-refractivity contribution in [1.82, 2.24) is 10.2 Å². The van der Waals surface area contributed by atoms with Crippen molar-refractivity contribution in [1.29, 1.82) is 0 Å². The Kier molecular flexibility index (Phi) is 7.67. The number of carbonyl (C=O) groups excluding carboxylic acids is 1. The van der Waals surface area contributed by atoms with Crippen molar-refractivity contribution in [3.8, 4) is 5.75 Å². The van der Waals surface area contributed by atoms with E-state index < -0.39 is 0 Å². The number of likely N-dealkylation sites (N-methyl/N-ethyl adjacent to an activating group) is 1. The lowest BCUT2D eigenvalue weighted by Gasteiger charge is -2.26. The number of benzene rings is 2. The fourth-order valence-corrected chi connectivity index (χ4v) is 2.94. The van der Waals surface area contributed by atoms with Gasteiger partial charge in [0.25, 0.3) is 0 Å². The van der Waals surface area contributed by atoms with Gasteiger partial charge in [-0.15, -0.1) is 0 Å². The predicted molar refractivity (Wildman–Crippen MR) is 112 cm³/mol. The largest absolute Gasteiger partial charge is 0.497 e. The lowest BCUT2D eigenvalue weighted by Crippen LogP contribution is -2.34. The van der Waals surface area contributed by atoms with Crippen LogP contribution >= 0.6 is 0 Å². The van der Waals surface area contributed by atoms with E-state index in [-0.39, 0.29) is 11.9 Å². The number of aryl methyl sites for hydroxylation is 1. The smallest absolute Gasteiger partial charge is 0.220 e. The zero-order valence-corrected chi connectivity index (χ0v) is 17.0. The number of anilines is 1. The molecule has 0 bridgehead atoms. The van der Waals surface area contributed by atoms with Gasteiger partial charge in [-0.05, 0) is 55.9 Å². The lowest BCUT2D eigenvalue weighted by atomic mass is 10.0. The van der Waals surface area contributed by atoms with E-state index in [0.717, 1.165) is 17.7 Å². The molecule has 0 radical (unpaired) electrons. The van der Waals surface area contributed by atoms with E-state index in [0.29, 0.717) is 13.0 Å². The van der Waals surface area contributed by atoms with E-state index in [1.807, 2.05) is 52.5 Å². The number of nitrogens with one attached hydrogen (secondary N) is 1. The van der Waals surface area contributed by atoms with Gasteiger partial charge in [0, 0.05) is 32.7 Å². The second kappa shape index (κ2) is 9.97. The summed E-state index contributed by atoms with van der Waals surface area (Å²) in [4.78, 5) is 16.5. The predicted octanol–water partition coefficient (Wildman–Crippen LogP) is 3.11. The zero-order valence-electron chi connectivity index (χ0n) is 17.0. The van der Waals surface area contributed by atoms with Crippen LogP contribution in [0.3, 0.4) is 0 Å². The van der Waals surface area contributed by atoms with Crippen molar-refractivity contribution in [2.45, 2.75) is 18.9 Å². The number of amides is 1. The number of ether oxygens (including phenoxy) is 1. The summed E-state index contributed by atoms with van der Waals surface area (Å²) in [5, 5.41) is 3.08. The van der Waals surface area contributed by atoms with E-state index in [4.69, 9.17) is 4.74 Å². The minimum atomic E-state index is 0.0718. The monoisotopic (exact) mass is 369 g/mol. The highest BCUT2D eigenvalue weighted by Gasteiger charge is 2.15. The number of rotatable bonds is 9. The van der Waals surface area contributed by atoms with Gasteiger partial charge in [0.05, 0.1) is 13.2 Å². The number of methoxy groups -OCH3 is 1. The Morgan fingerprint density at radius 3 is 2.15 bits per heavy atom. The van der Waals surface area contributed by atoms with E-state index in [2.05, 4.69) is 39.4 Å². The number of nitrogens with zero attached hydrogens (tertiary/aromatic N) is 2. The molecular formula is C22H31N3O2. The van der Waals surface area contributed by atoms with Crippen molar-refractivity contribution >= 4 is 11.6 Å². The molecule has 0 aliphatic rings. The van der Waals surface area contributed by atoms with E-state index in [9.17, 15) is 4.79 Å². The van der Waals surface area contributed by atoms with Gasteiger partial charge in [0.1, 0.15) is 5.75 Å². The van der Waals surface area contributed by atoms with Gasteiger partial charge >= 0.3 is 0 Å². The Morgan fingerprint density at radius 1 is 1.00 bits per heavy atom. The third-order valence-electron chi connectivity index (χ3n) is 4.71. The Bertz CT molecular complexity index is 709. The summed E-state index contributed by atoms with van der Waals surface area (Å²) in [6, 6.07) is 16.5. The number of carbonyl (C=O) groups is 1. The Labute approximate surface area is 162 Å².